The molecule has 0 bridgehead atoms. The molecule has 2 heterocycles. The Morgan fingerprint density at radius 2 is 2.50 bits per heavy atom. The number of methoxy groups -OCH3 is 1. The van der Waals surface area contributed by atoms with E-state index in [-0.39, 0.29) is 0 Å². The van der Waals surface area contributed by atoms with Crippen molar-refractivity contribution in [1.29, 1.82) is 0 Å². The predicted octanol–water partition coefficient (Wildman–Crippen LogP) is 1.21. The smallest absolute Gasteiger partial charge is 0.333 e. The molecule has 5 nitrogen and oxygen atoms in total. The fourth-order valence-electron chi connectivity index (χ4n) is 1.65. The van der Waals surface area contributed by atoms with E-state index in [4.69, 9.17) is 9.84 Å². The maximum absolute atomic E-state index is 10.8. The molecule has 0 radical (unpaired) electrons. The largest absolute Gasteiger partial charge is 0.479 e. The first-order valence-corrected chi connectivity index (χ1v) is 4.89. The fourth-order valence-corrected chi connectivity index (χ4v) is 1.65. The van der Waals surface area contributed by atoms with Crippen LogP contribution in [0.5, 0.6) is 0 Å². The maximum Gasteiger partial charge on any atom is 0.333 e. The normalized spacial score (nSPS) is 12.8. The third kappa shape index (κ3) is 1.90. The number of H-pyrrole nitrogens is 1. The number of aromatic amines is 1. The highest BCUT2D eigenvalue weighted by molar-refractivity contribution is 5.81. The number of hydrogen-bond acceptors (Lipinski definition) is 3. The van der Waals surface area contributed by atoms with Crippen molar-refractivity contribution in [2.45, 2.75) is 12.5 Å². The van der Waals surface area contributed by atoms with Gasteiger partial charge in [0.1, 0.15) is 5.65 Å². The van der Waals surface area contributed by atoms with Crippen molar-refractivity contribution >= 4 is 17.0 Å². The van der Waals surface area contributed by atoms with Crippen LogP contribution >= 0.6 is 0 Å². The van der Waals surface area contributed by atoms with Gasteiger partial charge in [-0.1, -0.05) is 0 Å². The summed E-state index contributed by atoms with van der Waals surface area (Å²) in [5, 5.41) is 9.83. The van der Waals surface area contributed by atoms with Gasteiger partial charge in [-0.05, 0) is 17.7 Å². The van der Waals surface area contributed by atoms with Gasteiger partial charge in [0.25, 0.3) is 0 Å². The van der Waals surface area contributed by atoms with Gasteiger partial charge in [0.05, 0.1) is 0 Å². The Morgan fingerprint density at radius 3 is 3.19 bits per heavy atom. The van der Waals surface area contributed by atoms with Crippen LogP contribution in [0, 0.1) is 0 Å². The molecule has 0 unspecified atom stereocenters. The van der Waals surface area contributed by atoms with E-state index in [1.54, 1.807) is 12.4 Å². The van der Waals surface area contributed by atoms with Crippen molar-refractivity contribution in [2.24, 2.45) is 0 Å². The highest BCUT2D eigenvalue weighted by Crippen LogP contribution is 2.17. The van der Waals surface area contributed by atoms with Crippen LogP contribution in [0.15, 0.2) is 24.5 Å². The summed E-state index contributed by atoms with van der Waals surface area (Å²) in [5.74, 6) is -0.958. The van der Waals surface area contributed by atoms with E-state index in [1.165, 1.54) is 7.11 Å². The lowest BCUT2D eigenvalue weighted by molar-refractivity contribution is -0.148. The zero-order valence-corrected chi connectivity index (χ0v) is 8.80. The van der Waals surface area contributed by atoms with E-state index in [0.29, 0.717) is 6.42 Å². The number of aliphatic carboxylic acids is 1. The van der Waals surface area contributed by atoms with Gasteiger partial charge >= 0.3 is 5.97 Å². The molecule has 2 aromatic rings. The van der Waals surface area contributed by atoms with Gasteiger partial charge in [0, 0.05) is 31.3 Å². The lowest BCUT2D eigenvalue weighted by Crippen LogP contribution is -2.24. The number of nitrogens with one attached hydrogen (secondary N) is 1. The summed E-state index contributed by atoms with van der Waals surface area (Å²) in [6, 6.07) is 3.73. The van der Waals surface area contributed by atoms with Gasteiger partial charge in [-0.25, -0.2) is 9.78 Å². The van der Waals surface area contributed by atoms with Crippen molar-refractivity contribution in [2.75, 3.05) is 7.11 Å². The van der Waals surface area contributed by atoms with Crippen LogP contribution in [0.25, 0.3) is 11.0 Å². The second-order valence-electron chi connectivity index (χ2n) is 3.48. The zero-order chi connectivity index (χ0) is 11.5. The second kappa shape index (κ2) is 4.32. The molecule has 0 fully saturated rings. The third-order valence-corrected chi connectivity index (χ3v) is 2.50. The van der Waals surface area contributed by atoms with Gasteiger partial charge in [-0.3, -0.25) is 0 Å². The lowest BCUT2D eigenvalue weighted by Gasteiger charge is -2.08. The molecule has 2 N–H and O–H groups in total. The second-order valence-corrected chi connectivity index (χ2v) is 3.48. The molecule has 0 aromatic carbocycles. The number of carboxylic acid groups (broad SMARTS) is 1. The number of hydrogen-bond donors (Lipinski definition) is 2. The Labute approximate surface area is 92.1 Å². The molecule has 0 amide bonds. The Morgan fingerprint density at radius 1 is 1.69 bits per heavy atom. The van der Waals surface area contributed by atoms with Gasteiger partial charge in [0.2, 0.25) is 0 Å². The molecule has 2 aromatic heterocycles. The number of nitrogens with zero attached hydrogens (tertiary/aromatic N) is 1. The summed E-state index contributed by atoms with van der Waals surface area (Å²) < 4.78 is 4.90. The summed E-state index contributed by atoms with van der Waals surface area (Å²) in [7, 11) is 1.39. The van der Waals surface area contributed by atoms with E-state index < -0.39 is 12.1 Å². The molecule has 5 heteroatoms. The van der Waals surface area contributed by atoms with Crippen molar-refractivity contribution in [3.05, 3.63) is 30.1 Å². The molecule has 0 saturated heterocycles. The van der Waals surface area contributed by atoms with Crippen LogP contribution in [0.2, 0.25) is 0 Å². The summed E-state index contributed by atoms with van der Waals surface area (Å²) in [5.41, 5.74) is 1.66. The maximum atomic E-state index is 10.8. The average Bonchev–Trinajstić information content (AvgIpc) is 2.69. The molecule has 0 spiro atoms. The quantitative estimate of drug-likeness (QED) is 0.811. The Hall–Kier alpha value is -1.88. The van der Waals surface area contributed by atoms with Crippen molar-refractivity contribution in [3.63, 3.8) is 0 Å². The van der Waals surface area contributed by atoms with Crippen LogP contribution in [0.1, 0.15) is 5.56 Å². The highest BCUT2D eigenvalue weighted by Gasteiger charge is 2.18. The molecule has 0 aliphatic heterocycles. The molecule has 1 atom stereocenters. The molecule has 2 rings (SSSR count). The Balaban J connectivity index is 2.30. The summed E-state index contributed by atoms with van der Waals surface area (Å²) >= 11 is 0. The zero-order valence-electron chi connectivity index (χ0n) is 8.80. The number of aromatic nitrogens is 2. The predicted molar refractivity (Wildman–Crippen MR) is 58.2 cm³/mol. The number of carboxylic acids is 1. The summed E-state index contributed by atoms with van der Waals surface area (Å²) in [6.45, 7) is 0. The van der Waals surface area contributed by atoms with Crippen molar-refractivity contribution in [3.8, 4) is 0 Å². The minimum atomic E-state index is -0.958. The molecule has 84 valence electrons. The SMILES string of the molecule is CO[C@@H](Cc1c[nH]c2ncccc12)C(=O)O. The lowest BCUT2D eigenvalue weighted by atomic mass is 10.1. The van der Waals surface area contributed by atoms with Gasteiger partial charge < -0.3 is 14.8 Å². The number of rotatable bonds is 4. The molecule has 0 aliphatic carbocycles. The minimum absolute atomic E-state index is 0.331. The molecular weight excluding hydrogens is 208 g/mol. The number of carbonyl (C=O) groups is 1. The van der Waals surface area contributed by atoms with Gasteiger partial charge in [-0.2, -0.15) is 0 Å². The van der Waals surface area contributed by atoms with Crippen LogP contribution in [-0.4, -0.2) is 34.3 Å². The molecule has 0 aliphatic rings. The number of fused-ring (bicyclic) bond motifs is 1. The highest BCUT2D eigenvalue weighted by atomic mass is 16.5. The Bertz CT molecular complexity index is 507. The van der Waals surface area contributed by atoms with Crippen LogP contribution < -0.4 is 0 Å². The minimum Gasteiger partial charge on any atom is -0.479 e. The first-order valence-electron chi connectivity index (χ1n) is 4.89. The first kappa shape index (κ1) is 10.6. The number of ether oxygens (including phenoxy) is 1. The average molecular weight is 220 g/mol. The monoisotopic (exact) mass is 220 g/mol. The molecule has 0 saturated carbocycles. The van der Waals surface area contributed by atoms with Gasteiger partial charge in [-0.15, -0.1) is 0 Å². The van der Waals surface area contributed by atoms with E-state index in [2.05, 4.69) is 9.97 Å². The van der Waals surface area contributed by atoms with E-state index in [9.17, 15) is 4.79 Å². The van der Waals surface area contributed by atoms with Gasteiger partial charge in [0.15, 0.2) is 6.10 Å². The molecule has 16 heavy (non-hydrogen) atoms. The molecular formula is C11H12N2O3. The van der Waals surface area contributed by atoms with Crippen LogP contribution in [0.4, 0.5) is 0 Å². The Kier molecular flexibility index (Phi) is 2.87. The van der Waals surface area contributed by atoms with Crippen LogP contribution in [-0.2, 0) is 16.0 Å². The summed E-state index contributed by atoms with van der Waals surface area (Å²) in [4.78, 5) is 18.0. The number of pyridine rings is 1. The van der Waals surface area contributed by atoms with Crippen molar-refractivity contribution in [1.82, 2.24) is 9.97 Å². The summed E-state index contributed by atoms with van der Waals surface area (Å²) in [6.07, 6.45) is 2.97. The van der Waals surface area contributed by atoms with Crippen molar-refractivity contribution < 1.29 is 14.6 Å². The van der Waals surface area contributed by atoms with Crippen LogP contribution in [0.3, 0.4) is 0 Å². The van der Waals surface area contributed by atoms with E-state index >= 15 is 0 Å². The van der Waals surface area contributed by atoms with E-state index in [0.717, 1.165) is 16.6 Å². The standard InChI is InChI=1S/C11H12N2O3/c1-16-9(11(14)15)5-7-6-13-10-8(7)3-2-4-12-10/h2-4,6,9H,5H2,1H3,(H,12,13)(H,14,15)/t9-/m0/s1. The topological polar surface area (TPSA) is 75.2 Å². The first-order chi connectivity index (χ1) is 7.72. The third-order valence-electron chi connectivity index (χ3n) is 2.50. The van der Waals surface area contributed by atoms with E-state index in [1.807, 2.05) is 12.1 Å². The fraction of sp³-hybridized carbons (Fsp3) is 0.273.